The zero-order valence-electron chi connectivity index (χ0n) is 10.8. The maximum Gasteiger partial charge on any atom is 0.246 e. The highest BCUT2D eigenvalue weighted by atomic mass is 16.2. The van der Waals surface area contributed by atoms with Crippen LogP contribution in [0, 0.1) is 0 Å². The van der Waals surface area contributed by atoms with Crippen LogP contribution in [0.3, 0.4) is 0 Å². The molecule has 1 aliphatic rings. The number of hydrogen-bond acceptors (Lipinski definition) is 4. The molecular formula is C11H17N5O2. The summed E-state index contributed by atoms with van der Waals surface area (Å²) in [4.78, 5) is 29.6. The molecule has 1 fully saturated rings. The molecular weight excluding hydrogens is 234 g/mol. The first kappa shape index (κ1) is 12.5. The van der Waals surface area contributed by atoms with Crippen molar-refractivity contribution in [2.75, 3.05) is 6.54 Å². The van der Waals surface area contributed by atoms with Gasteiger partial charge in [-0.1, -0.05) is 6.92 Å². The van der Waals surface area contributed by atoms with E-state index in [-0.39, 0.29) is 18.4 Å². The van der Waals surface area contributed by atoms with Gasteiger partial charge in [0, 0.05) is 7.05 Å². The van der Waals surface area contributed by atoms with Crippen molar-refractivity contribution < 1.29 is 9.59 Å². The van der Waals surface area contributed by atoms with Gasteiger partial charge in [0.05, 0.1) is 13.1 Å². The van der Waals surface area contributed by atoms with Gasteiger partial charge in [0.25, 0.3) is 0 Å². The summed E-state index contributed by atoms with van der Waals surface area (Å²) in [6.07, 6.45) is 2.00. The van der Waals surface area contributed by atoms with Crippen LogP contribution in [0.1, 0.15) is 26.1 Å². The lowest BCUT2D eigenvalue weighted by molar-refractivity contribution is -0.153. The lowest BCUT2D eigenvalue weighted by Crippen LogP contribution is -2.65. The Hall–Kier alpha value is -1.92. The molecule has 0 radical (unpaired) electrons. The largest absolute Gasteiger partial charge is 0.345 e. The minimum Gasteiger partial charge on any atom is -0.345 e. The number of aryl methyl sites for hydroxylation is 1. The molecule has 7 nitrogen and oxygen atoms in total. The molecule has 2 rings (SSSR count). The van der Waals surface area contributed by atoms with E-state index in [2.05, 4.69) is 15.4 Å². The average Bonchev–Trinajstić information content (AvgIpc) is 2.75. The van der Waals surface area contributed by atoms with Crippen LogP contribution in [0.4, 0.5) is 0 Å². The van der Waals surface area contributed by atoms with Crippen molar-refractivity contribution in [2.24, 2.45) is 7.05 Å². The number of nitrogens with one attached hydrogen (secondary N) is 1. The smallest absolute Gasteiger partial charge is 0.246 e. The molecule has 0 saturated carbocycles. The predicted octanol–water partition coefficient (Wildman–Crippen LogP) is -0.558. The van der Waals surface area contributed by atoms with Gasteiger partial charge in [-0.2, -0.15) is 5.10 Å². The predicted molar refractivity (Wildman–Crippen MR) is 63.3 cm³/mol. The molecule has 2 heterocycles. The molecule has 18 heavy (non-hydrogen) atoms. The Bertz CT molecular complexity index is 484. The van der Waals surface area contributed by atoms with E-state index in [1.807, 2.05) is 6.92 Å². The van der Waals surface area contributed by atoms with E-state index in [1.165, 1.54) is 6.33 Å². The number of piperazine rings is 1. The van der Waals surface area contributed by atoms with Crippen molar-refractivity contribution in [3.63, 3.8) is 0 Å². The highest BCUT2D eigenvalue weighted by Crippen LogP contribution is 2.24. The quantitative estimate of drug-likeness (QED) is 0.781. The number of carbonyl (C=O) groups is 2. The molecule has 1 unspecified atom stereocenters. The summed E-state index contributed by atoms with van der Waals surface area (Å²) in [6, 6.07) is 0. The van der Waals surface area contributed by atoms with Gasteiger partial charge in [0.2, 0.25) is 11.8 Å². The zero-order valence-corrected chi connectivity index (χ0v) is 10.8. The van der Waals surface area contributed by atoms with Crippen molar-refractivity contribution in [1.82, 2.24) is 25.0 Å². The minimum absolute atomic E-state index is 0.0479. The lowest BCUT2D eigenvalue weighted by atomic mass is 9.92. The molecule has 98 valence electrons. The molecule has 0 aliphatic carbocycles. The first-order valence-corrected chi connectivity index (χ1v) is 5.90. The van der Waals surface area contributed by atoms with E-state index in [1.54, 1.807) is 23.6 Å². The minimum atomic E-state index is -0.818. The van der Waals surface area contributed by atoms with Crippen LogP contribution in [-0.2, 0) is 23.2 Å². The SMILES string of the molecule is CCC1(C)C(=O)NCC(=O)N1Cc1ncnn1C. The maximum atomic E-state index is 12.0. The van der Waals surface area contributed by atoms with Gasteiger partial charge in [-0.25, -0.2) is 4.98 Å². The van der Waals surface area contributed by atoms with Crippen LogP contribution >= 0.6 is 0 Å². The van der Waals surface area contributed by atoms with Gasteiger partial charge in [0.15, 0.2) is 0 Å². The molecule has 0 aromatic carbocycles. The van der Waals surface area contributed by atoms with Crippen molar-refractivity contribution in [2.45, 2.75) is 32.4 Å². The molecule has 1 saturated heterocycles. The molecule has 2 amide bonds. The molecule has 1 N–H and O–H groups in total. The first-order chi connectivity index (χ1) is 8.49. The lowest BCUT2D eigenvalue weighted by Gasteiger charge is -2.42. The number of carbonyl (C=O) groups excluding carboxylic acids is 2. The maximum absolute atomic E-state index is 12.0. The summed E-state index contributed by atoms with van der Waals surface area (Å²) in [6.45, 7) is 4.01. The molecule has 0 bridgehead atoms. The fraction of sp³-hybridized carbons (Fsp3) is 0.636. The Morgan fingerprint density at radius 3 is 2.78 bits per heavy atom. The second-order valence-electron chi connectivity index (χ2n) is 4.59. The highest BCUT2D eigenvalue weighted by Gasteiger charge is 2.44. The Balaban J connectivity index is 2.30. The van der Waals surface area contributed by atoms with Gasteiger partial charge < -0.3 is 10.2 Å². The first-order valence-electron chi connectivity index (χ1n) is 5.90. The fourth-order valence-electron chi connectivity index (χ4n) is 2.06. The van der Waals surface area contributed by atoms with Crippen LogP contribution in [0.25, 0.3) is 0 Å². The Morgan fingerprint density at radius 1 is 1.50 bits per heavy atom. The second kappa shape index (κ2) is 4.40. The average molecular weight is 251 g/mol. The van der Waals surface area contributed by atoms with Gasteiger partial charge in [0.1, 0.15) is 17.7 Å². The molecule has 0 spiro atoms. The molecule has 7 heteroatoms. The van der Waals surface area contributed by atoms with Gasteiger partial charge >= 0.3 is 0 Å². The van der Waals surface area contributed by atoms with E-state index in [9.17, 15) is 9.59 Å². The van der Waals surface area contributed by atoms with E-state index in [4.69, 9.17) is 0 Å². The summed E-state index contributed by atoms with van der Waals surface area (Å²) in [5.74, 6) is 0.450. The number of amides is 2. The molecule has 1 aromatic rings. The van der Waals surface area contributed by atoms with Gasteiger partial charge in [-0.15, -0.1) is 0 Å². The van der Waals surface area contributed by atoms with Crippen molar-refractivity contribution in [3.8, 4) is 0 Å². The third kappa shape index (κ3) is 1.85. The fourth-order valence-corrected chi connectivity index (χ4v) is 2.06. The summed E-state index contributed by atoms with van der Waals surface area (Å²) in [5, 5.41) is 6.59. The van der Waals surface area contributed by atoms with Crippen LogP contribution in [0.15, 0.2) is 6.33 Å². The van der Waals surface area contributed by atoms with E-state index in [0.29, 0.717) is 18.8 Å². The Kier molecular flexibility index (Phi) is 3.06. The summed E-state index contributed by atoms with van der Waals surface area (Å²) < 4.78 is 1.61. The van der Waals surface area contributed by atoms with E-state index >= 15 is 0 Å². The molecule has 1 aliphatic heterocycles. The Morgan fingerprint density at radius 2 is 2.22 bits per heavy atom. The Labute approximate surface area is 105 Å². The molecule has 1 atom stereocenters. The number of nitrogens with zero attached hydrogens (tertiary/aromatic N) is 4. The third-order valence-electron chi connectivity index (χ3n) is 3.58. The zero-order chi connectivity index (χ0) is 13.3. The molecule has 1 aromatic heterocycles. The summed E-state index contributed by atoms with van der Waals surface area (Å²) in [5.41, 5.74) is -0.818. The summed E-state index contributed by atoms with van der Waals surface area (Å²) >= 11 is 0. The normalized spacial score (nSPS) is 24.3. The number of aromatic nitrogens is 3. The topological polar surface area (TPSA) is 80.1 Å². The van der Waals surface area contributed by atoms with Gasteiger partial charge in [-0.05, 0) is 13.3 Å². The third-order valence-corrected chi connectivity index (χ3v) is 3.58. The monoisotopic (exact) mass is 251 g/mol. The van der Waals surface area contributed by atoms with Crippen LogP contribution in [0.5, 0.6) is 0 Å². The number of rotatable bonds is 3. The van der Waals surface area contributed by atoms with Crippen molar-refractivity contribution in [3.05, 3.63) is 12.2 Å². The summed E-state index contributed by atoms with van der Waals surface area (Å²) in [7, 11) is 1.76. The van der Waals surface area contributed by atoms with Crippen molar-refractivity contribution in [1.29, 1.82) is 0 Å². The van der Waals surface area contributed by atoms with E-state index < -0.39 is 5.54 Å². The standard InChI is InChI=1S/C11H17N5O2/c1-4-11(2)10(18)12-5-9(17)16(11)6-8-13-7-14-15(8)3/h7H,4-6H2,1-3H3,(H,12,18). The van der Waals surface area contributed by atoms with Crippen LogP contribution in [0.2, 0.25) is 0 Å². The van der Waals surface area contributed by atoms with Crippen molar-refractivity contribution >= 4 is 11.8 Å². The van der Waals surface area contributed by atoms with Crippen LogP contribution < -0.4 is 5.32 Å². The second-order valence-corrected chi connectivity index (χ2v) is 4.59. The number of hydrogen-bond donors (Lipinski definition) is 1. The highest BCUT2D eigenvalue weighted by molar-refractivity contribution is 5.97. The van der Waals surface area contributed by atoms with Crippen LogP contribution in [-0.4, -0.2) is 43.6 Å². The van der Waals surface area contributed by atoms with Gasteiger partial charge in [-0.3, -0.25) is 14.3 Å². The van der Waals surface area contributed by atoms with E-state index in [0.717, 1.165) is 0 Å².